The van der Waals surface area contributed by atoms with Gasteiger partial charge in [0.25, 0.3) is 5.91 Å². The van der Waals surface area contributed by atoms with Crippen LogP contribution in [0.1, 0.15) is 21.5 Å². The Morgan fingerprint density at radius 1 is 1.08 bits per heavy atom. The highest BCUT2D eigenvalue weighted by Crippen LogP contribution is 2.18. The molecule has 1 unspecified atom stereocenters. The van der Waals surface area contributed by atoms with Crippen molar-refractivity contribution in [1.29, 1.82) is 0 Å². The molecule has 25 heavy (non-hydrogen) atoms. The summed E-state index contributed by atoms with van der Waals surface area (Å²) in [7, 11) is 0.494. The number of amides is 2. The van der Waals surface area contributed by atoms with E-state index in [1.807, 2.05) is 32.0 Å². The Labute approximate surface area is 150 Å². The van der Waals surface area contributed by atoms with Crippen LogP contribution in [-0.4, -0.2) is 40.8 Å². The highest BCUT2D eigenvalue weighted by molar-refractivity contribution is 7.84. The van der Waals surface area contributed by atoms with E-state index in [2.05, 4.69) is 5.32 Å². The Balaban J connectivity index is 2.01. The second-order valence-electron chi connectivity index (χ2n) is 5.94. The lowest BCUT2D eigenvalue weighted by atomic mass is 10.1. The van der Waals surface area contributed by atoms with E-state index in [4.69, 9.17) is 0 Å². The van der Waals surface area contributed by atoms with Crippen LogP contribution in [0, 0.1) is 13.8 Å². The molecule has 2 aromatic rings. The number of likely N-dealkylation sites (N-methyl/N-ethyl adjacent to an activating group) is 1. The molecule has 2 amide bonds. The van der Waals surface area contributed by atoms with Gasteiger partial charge in [-0.15, -0.1) is 0 Å². The molecule has 1 atom stereocenters. The van der Waals surface area contributed by atoms with Crippen molar-refractivity contribution >= 4 is 28.3 Å². The van der Waals surface area contributed by atoms with Gasteiger partial charge in [-0.2, -0.15) is 0 Å². The molecule has 1 N–H and O–H groups in total. The molecule has 0 saturated carbocycles. The fraction of sp³-hybridized carbons (Fsp3) is 0.263. The lowest BCUT2D eigenvalue weighted by Gasteiger charge is -2.18. The second kappa shape index (κ2) is 8.07. The molecule has 0 aliphatic carbocycles. The van der Waals surface area contributed by atoms with Crippen LogP contribution >= 0.6 is 0 Å². The number of nitrogens with zero attached hydrogens (tertiary/aromatic N) is 1. The van der Waals surface area contributed by atoms with Crippen LogP contribution in [0.5, 0.6) is 0 Å². The summed E-state index contributed by atoms with van der Waals surface area (Å²) in [5.74, 6) is -0.514. The van der Waals surface area contributed by atoms with Gasteiger partial charge in [0.2, 0.25) is 5.91 Å². The molecule has 0 saturated heterocycles. The van der Waals surface area contributed by atoms with Gasteiger partial charge in [0.05, 0.1) is 6.54 Å². The number of hydrogen-bond donors (Lipinski definition) is 1. The average Bonchev–Trinajstić information content (AvgIpc) is 2.58. The van der Waals surface area contributed by atoms with Crippen molar-refractivity contribution in [2.24, 2.45) is 0 Å². The minimum absolute atomic E-state index is 0.0479. The first-order valence-electron chi connectivity index (χ1n) is 7.84. The summed E-state index contributed by atoms with van der Waals surface area (Å²) in [5.41, 5.74) is 3.31. The van der Waals surface area contributed by atoms with E-state index in [-0.39, 0.29) is 18.4 Å². The third-order valence-electron chi connectivity index (χ3n) is 4.04. The van der Waals surface area contributed by atoms with Crippen LogP contribution in [0.3, 0.4) is 0 Å². The second-order valence-corrected chi connectivity index (χ2v) is 7.32. The van der Waals surface area contributed by atoms with E-state index in [9.17, 15) is 13.8 Å². The summed E-state index contributed by atoms with van der Waals surface area (Å²) in [6.45, 7) is 3.88. The molecule has 5 nitrogen and oxygen atoms in total. The highest BCUT2D eigenvalue weighted by Gasteiger charge is 2.16. The fourth-order valence-corrected chi connectivity index (χ4v) is 2.89. The Morgan fingerprint density at radius 3 is 2.32 bits per heavy atom. The van der Waals surface area contributed by atoms with Crippen LogP contribution in [0.2, 0.25) is 0 Å². The number of aryl methyl sites for hydroxylation is 1. The number of hydrogen-bond acceptors (Lipinski definition) is 3. The highest BCUT2D eigenvalue weighted by atomic mass is 32.2. The average molecular weight is 358 g/mol. The molecule has 6 heteroatoms. The van der Waals surface area contributed by atoms with Gasteiger partial charge in [-0.05, 0) is 55.3 Å². The zero-order valence-corrected chi connectivity index (χ0v) is 15.6. The summed E-state index contributed by atoms with van der Waals surface area (Å²) in [5, 5.41) is 2.84. The SMILES string of the molecule is Cc1cccc(NC(=O)CN(C)C(=O)c2ccc(S(C)=O)cc2)c1C. The lowest BCUT2D eigenvalue weighted by Crippen LogP contribution is -2.35. The van der Waals surface area contributed by atoms with E-state index in [1.54, 1.807) is 37.6 Å². The van der Waals surface area contributed by atoms with Crippen LogP contribution in [0.15, 0.2) is 47.4 Å². The van der Waals surface area contributed by atoms with Gasteiger partial charge < -0.3 is 10.2 Å². The maximum Gasteiger partial charge on any atom is 0.254 e. The molecular formula is C19H22N2O3S. The Kier molecular flexibility index (Phi) is 6.09. The molecule has 2 aromatic carbocycles. The minimum atomic E-state index is -1.09. The molecule has 0 bridgehead atoms. The van der Waals surface area contributed by atoms with Crippen molar-refractivity contribution in [3.63, 3.8) is 0 Å². The van der Waals surface area contributed by atoms with Crippen molar-refractivity contribution in [3.05, 3.63) is 59.2 Å². The molecule has 0 fully saturated rings. The maximum absolute atomic E-state index is 12.4. The first kappa shape index (κ1) is 18.9. The Morgan fingerprint density at radius 2 is 1.72 bits per heavy atom. The smallest absolute Gasteiger partial charge is 0.254 e. The summed E-state index contributed by atoms with van der Waals surface area (Å²) >= 11 is 0. The third kappa shape index (κ3) is 4.76. The first-order chi connectivity index (χ1) is 11.8. The monoisotopic (exact) mass is 358 g/mol. The summed E-state index contributed by atoms with van der Waals surface area (Å²) in [6, 6.07) is 12.3. The molecule has 0 radical (unpaired) electrons. The van der Waals surface area contributed by atoms with Gasteiger partial charge >= 0.3 is 0 Å². The number of carbonyl (C=O) groups excluding carboxylic acids is 2. The normalized spacial score (nSPS) is 11.7. The minimum Gasteiger partial charge on any atom is -0.332 e. The molecule has 0 aliphatic rings. The largest absolute Gasteiger partial charge is 0.332 e. The molecule has 0 spiro atoms. The lowest BCUT2D eigenvalue weighted by molar-refractivity contribution is -0.116. The predicted octanol–water partition coefficient (Wildman–Crippen LogP) is 2.75. The number of rotatable bonds is 5. The maximum atomic E-state index is 12.4. The number of nitrogens with one attached hydrogen (secondary N) is 1. The van der Waals surface area contributed by atoms with E-state index in [0.29, 0.717) is 10.5 Å². The summed E-state index contributed by atoms with van der Waals surface area (Å²) in [4.78, 5) is 26.6. The zero-order valence-electron chi connectivity index (χ0n) is 14.8. The van der Waals surface area contributed by atoms with Gasteiger partial charge in [-0.25, -0.2) is 0 Å². The number of anilines is 1. The number of carbonyl (C=O) groups is 2. The Bertz CT molecular complexity index is 816. The van der Waals surface area contributed by atoms with Gasteiger partial charge in [0.15, 0.2) is 0 Å². The van der Waals surface area contributed by atoms with Crippen molar-refractivity contribution in [2.75, 3.05) is 25.2 Å². The van der Waals surface area contributed by atoms with Gasteiger partial charge in [-0.3, -0.25) is 13.8 Å². The third-order valence-corrected chi connectivity index (χ3v) is 4.98. The van der Waals surface area contributed by atoms with Gasteiger partial charge in [0.1, 0.15) is 0 Å². The quantitative estimate of drug-likeness (QED) is 0.894. The number of benzene rings is 2. The van der Waals surface area contributed by atoms with Crippen LogP contribution < -0.4 is 5.32 Å². The Hall–Kier alpha value is -2.47. The summed E-state index contributed by atoms with van der Waals surface area (Å²) in [6.07, 6.45) is 1.58. The molecule has 0 aliphatic heterocycles. The van der Waals surface area contributed by atoms with Crippen molar-refractivity contribution < 1.29 is 13.8 Å². The topological polar surface area (TPSA) is 66.5 Å². The molecule has 132 valence electrons. The fourth-order valence-electron chi connectivity index (χ4n) is 2.37. The van der Waals surface area contributed by atoms with Crippen molar-refractivity contribution in [2.45, 2.75) is 18.7 Å². The first-order valence-corrected chi connectivity index (χ1v) is 9.40. The van der Waals surface area contributed by atoms with E-state index < -0.39 is 10.8 Å². The summed E-state index contributed by atoms with van der Waals surface area (Å²) < 4.78 is 11.4. The predicted molar refractivity (Wildman–Crippen MR) is 100 cm³/mol. The standard InChI is InChI=1S/C19H22N2O3S/c1-13-6-5-7-17(14(13)2)20-18(22)12-21(3)19(23)15-8-10-16(11-9-15)25(4)24/h5-11H,12H2,1-4H3,(H,20,22). The van der Waals surface area contributed by atoms with Crippen molar-refractivity contribution in [3.8, 4) is 0 Å². The molecule has 0 heterocycles. The van der Waals surface area contributed by atoms with Crippen LogP contribution in [-0.2, 0) is 15.6 Å². The molecular weight excluding hydrogens is 336 g/mol. The van der Waals surface area contributed by atoms with Crippen molar-refractivity contribution in [1.82, 2.24) is 4.90 Å². The van der Waals surface area contributed by atoms with E-state index in [0.717, 1.165) is 16.8 Å². The van der Waals surface area contributed by atoms with E-state index >= 15 is 0 Å². The van der Waals surface area contributed by atoms with Crippen LogP contribution in [0.4, 0.5) is 5.69 Å². The zero-order chi connectivity index (χ0) is 18.6. The molecule has 0 aromatic heterocycles. The van der Waals surface area contributed by atoms with E-state index in [1.165, 1.54) is 4.90 Å². The van der Waals surface area contributed by atoms with Gasteiger partial charge in [0, 0.05) is 40.2 Å². The van der Waals surface area contributed by atoms with Crippen LogP contribution in [0.25, 0.3) is 0 Å². The van der Waals surface area contributed by atoms with Gasteiger partial charge in [-0.1, -0.05) is 12.1 Å². The molecule has 2 rings (SSSR count).